The minimum Gasteiger partial charge on any atom is -0.325 e. The summed E-state index contributed by atoms with van der Waals surface area (Å²) in [6.07, 6.45) is 0. The summed E-state index contributed by atoms with van der Waals surface area (Å²) in [5.74, 6) is -1.29. The van der Waals surface area contributed by atoms with E-state index < -0.39 is 17.2 Å². The first-order valence-electron chi connectivity index (χ1n) is 7.19. The molecule has 24 heavy (non-hydrogen) atoms. The third-order valence-electron chi connectivity index (χ3n) is 3.67. The van der Waals surface area contributed by atoms with Crippen molar-refractivity contribution in [2.24, 2.45) is 0 Å². The molecular formula is C19H12F2N2O. The number of rotatable bonds is 2. The van der Waals surface area contributed by atoms with E-state index in [9.17, 15) is 18.8 Å². The van der Waals surface area contributed by atoms with Crippen LogP contribution in [0.4, 0.5) is 8.78 Å². The number of nitrogens with zero attached hydrogens (tertiary/aromatic N) is 1. The predicted octanol–water partition coefficient (Wildman–Crippen LogP) is 4.17. The van der Waals surface area contributed by atoms with Gasteiger partial charge in [0.05, 0.1) is 0 Å². The van der Waals surface area contributed by atoms with Gasteiger partial charge >= 0.3 is 0 Å². The lowest BCUT2D eigenvalue weighted by molar-refractivity contribution is 0.584. The maximum absolute atomic E-state index is 13.3. The average molecular weight is 322 g/mol. The molecule has 0 spiro atoms. The summed E-state index contributed by atoms with van der Waals surface area (Å²) in [5, 5.41) is 9.19. The molecular weight excluding hydrogens is 310 g/mol. The van der Waals surface area contributed by atoms with Crippen LogP contribution in [0.1, 0.15) is 11.3 Å². The molecule has 0 aliphatic carbocycles. The normalized spacial score (nSPS) is 10.4. The largest absolute Gasteiger partial charge is 0.325 e. The fourth-order valence-electron chi connectivity index (χ4n) is 2.59. The van der Waals surface area contributed by atoms with Crippen molar-refractivity contribution in [2.75, 3.05) is 0 Å². The van der Waals surface area contributed by atoms with Crippen molar-refractivity contribution in [2.45, 2.75) is 6.92 Å². The van der Waals surface area contributed by atoms with Gasteiger partial charge in [-0.1, -0.05) is 24.3 Å². The molecule has 5 heteroatoms. The van der Waals surface area contributed by atoms with E-state index in [0.717, 1.165) is 6.07 Å². The Morgan fingerprint density at radius 2 is 1.50 bits per heavy atom. The van der Waals surface area contributed by atoms with Crippen molar-refractivity contribution in [3.8, 4) is 28.3 Å². The quantitative estimate of drug-likeness (QED) is 0.770. The number of aromatic nitrogens is 1. The highest BCUT2D eigenvalue weighted by Gasteiger charge is 2.11. The lowest BCUT2D eigenvalue weighted by atomic mass is 9.98. The smallest absolute Gasteiger partial charge is 0.266 e. The molecule has 0 fully saturated rings. The highest BCUT2D eigenvalue weighted by Crippen LogP contribution is 2.27. The number of aromatic amines is 1. The average Bonchev–Trinajstić information content (AvgIpc) is 2.53. The van der Waals surface area contributed by atoms with Crippen molar-refractivity contribution in [3.05, 3.63) is 81.8 Å². The van der Waals surface area contributed by atoms with Crippen molar-refractivity contribution in [1.29, 1.82) is 5.26 Å². The fourth-order valence-corrected chi connectivity index (χ4v) is 2.59. The Hall–Kier alpha value is -3.26. The van der Waals surface area contributed by atoms with Crippen LogP contribution < -0.4 is 5.56 Å². The molecule has 2 aromatic carbocycles. The molecule has 0 aliphatic heterocycles. The van der Waals surface area contributed by atoms with Crippen LogP contribution in [-0.4, -0.2) is 4.98 Å². The molecule has 3 aromatic rings. The number of H-pyrrole nitrogens is 1. The van der Waals surface area contributed by atoms with E-state index in [4.69, 9.17) is 0 Å². The van der Waals surface area contributed by atoms with Crippen molar-refractivity contribution < 1.29 is 8.78 Å². The second kappa shape index (κ2) is 6.09. The van der Waals surface area contributed by atoms with Crippen LogP contribution in [0.3, 0.4) is 0 Å². The summed E-state index contributed by atoms with van der Waals surface area (Å²) in [4.78, 5) is 14.5. The lowest BCUT2D eigenvalue weighted by Gasteiger charge is -2.07. The van der Waals surface area contributed by atoms with Crippen LogP contribution in [0.5, 0.6) is 0 Å². The summed E-state index contributed by atoms with van der Waals surface area (Å²) >= 11 is 0. The predicted molar refractivity (Wildman–Crippen MR) is 87.3 cm³/mol. The van der Waals surface area contributed by atoms with E-state index in [1.165, 1.54) is 12.1 Å². The SMILES string of the molecule is Cc1cc(-c2ccc(-c3cc(F)cc(F)c3)cc2)c(C#N)c(=O)[nH]1. The Bertz CT molecular complexity index is 995. The Morgan fingerprint density at radius 3 is 2.08 bits per heavy atom. The molecule has 1 heterocycles. The molecule has 0 unspecified atom stereocenters. The number of nitrogens with one attached hydrogen (secondary N) is 1. The van der Waals surface area contributed by atoms with Crippen LogP contribution in [0.2, 0.25) is 0 Å². The van der Waals surface area contributed by atoms with Gasteiger partial charge in [0, 0.05) is 17.3 Å². The highest BCUT2D eigenvalue weighted by atomic mass is 19.1. The Kier molecular flexibility index (Phi) is 3.97. The maximum Gasteiger partial charge on any atom is 0.266 e. The van der Waals surface area contributed by atoms with E-state index in [1.807, 2.05) is 6.07 Å². The number of aryl methyl sites for hydroxylation is 1. The number of hydrogen-bond donors (Lipinski definition) is 1. The molecule has 118 valence electrons. The van der Waals surface area contributed by atoms with E-state index in [0.29, 0.717) is 27.9 Å². The lowest BCUT2D eigenvalue weighted by Crippen LogP contribution is -2.12. The summed E-state index contributed by atoms with van der Waals surface area (Å²) in [5.41, 5.74) is 2.50. The topological polar surface area (TPSA) is 56.6 Å². The first-order chi connectivity index (χ1) is 11.5. The highest BCUT2D eigenvalue weighted by molar-refractivity contribution is 5.74. The molecule has 0 amide bonds. The molecule has 0 aliphatic rings. The zero-order valence-corrected chi connectivity index (χ0v) is 12.7. The third-order valence-corrected chi connectivity index (χ3v) is 3.67. The van der Waals surface area contributed by atoms with Gasteiger partial charge in [0.25, 0.3) is 5.56 Å². The molecule has 3 rings (SSSR count). The van der Waals surface area contributed by atoms with Gasteiger partial charge in [-0.2, -0.15) is 5.26 Å². The monoisotopic (exact) mass is 322 g/mol. The first-order valence-corrected chi connectivity index (χ1v) is 7.19. The summed E-state index contributed by atoms with van der Waals surface area (Å²) in [6.45, 7) is 1.73. The van der Waals surface area contributed by atoms with E-state index >= 15 is 0 Å². The van der Waals surface area contributed by atoms with Gasteiger partial charge in [-0.15, -0.1) is 0 Å². The van der Waals surface area contributed by atoms with Crippen LogP contribution in [0.25, 0.3) is 22.3 Å². The molecule has 1 N–H and O–H groups in total. The van der Waals surface area contributed by atoms with Crippen LogP contribution in [0, 0.1) is 29.9 Å². The van der Waals surface area contributed by atoms with Crippen molar-refractivity contribution >= 4 is 0 Å². The molecule has 0 radical (unpaired) electrons. The molecule has 3 nitrogen and oxygen atoms in total. The number of halogens is 2. The molecule has 0 saturated carbocycles. The van der Waals surface area contributed by atoms with Gasteiger partial charge in [0.15, 0.2) is 0 Å². The summed E-state index contributed by atoms with van der Waals surface area (Å²) in [6, 6.07) is 13.8. The van der Waals surface area contributed by atoms with E-state index in [2.05, 4.69) is 4.98 Å². The number of nitriles is 1. The molecule has 0 bridgehead atoms. The van der Waals surface area contributed by atoms with Crippen molar-refractivity contribution in [3.63, 3.8) is 0 Å². The zero-order chi connectivity index (χ0) is 17.3. The van der Waals surface area contributed by atoms with Gasteiger partial charge < -0.3 is 4.98 Å². The number of pyridine rings is 1. The van der Waals surface area contributed by atoms with E-state index in [-0.39, 0.29) is 5.56 Å². The molecule has 0 atom stereocenters. The Labute approximate surface area is 136 Å². The van der Waals surface area contributed by atoms with Gasteiger partial charge in [0.1, 0.15) is 23.3 Å². The minimum absolute atomic E-state index is 0.0325. The summed E-state index contributed by atoms with van der Waals surface area (Å²) in [7, 11) is 0. The zero-order valence-electron chi connectivity index (χ0n) is 12.7. The van der Waals surface area contributed by atoms with Gasteiger partial charge in [-0.3, -0.25) is 4.79 Å². The van der Waals surface area contributed by atoms with Gasteiger partial charge in [0.2, 0.25) is 0 Å². The van der Waals surface area contributed by atoms with Gasteiger partial charge in [-0.25, -0.2) is 8.78 Å². The molecule has 0 saturated heterocycles. The standard InChI is InChI=1S/C19H12F2N2O/c1-11-6-17(18(10-22)19(24)23-11)13-4-2-12(3-5-13)14-7-15(20)9-16(21)8-14/h2-9H,1H3,(H,23,24). The van der Waals surface area contributed by atoms with Crippen molar-refractivity contribution in [1.82, 2.24) is 4.98 Å². The first kappa shape index (κ1) is 15.6. The second-order valence-corrected chi connectivity index (χ2v) is 5.42. The van der Waals surface area contributed by atoms with Crippen LogP contribution in [0.15, 0.2) is 53.3 Å². The number of benzene rings is 2. The Balaban J connectivity index is 2.08. The minimum atomic E-state index is -0.647. The van der Waals surface area contributed by atoms with Crippen LogP contribution >= 0.6 is 0 Å². The summed E-state index contributed by atoms with van der Waals surface area (Å²) < 4.78 is 26.7. The van der Waals surface area contributed by atoms with Gasteiger partial charge in [-0.05, 0) is 41.8 Å². The van der Waals surface area contributed by atoms with Crippen LogP contribution in [-0.2, 0) is 0 Å². The maximum atomic E-state index is 13.3. The Morgan fingerprint density at radius 1 is 0.917 bits per heavy atom. The number of hydrogen-bond acceptors (Lipinski definition) is 2. The van der Waals surface area contributed by atoms with E-state index in [1.54, 1.807) is 37.3 Å². The third kappa shape index (κ3) is 2.95. The fraction of sp³-hybridized carbons (Fsp3) is 0.0526. The second-order valence-electron chi connectivity index (χ2n) is 5.42. The molecule has 1 aromatic heterocycles.